The SMILES string of the molecule is Cc1cc(NC(=O)NC(C)c2nncn2C)c(C(=O)O)[nH]1. The number of nitrogens with zero attached hydrogens (tertiary/aromatic N) is 3. The molecule has 9 nitrogen and oxygen atoms in total. The summed E-state index contributed by atoms with van der Waals surface area (Å²) in [4.78, 5) is 25.6. The first-order chi connectivity index (χ1) is 9.88. The lowest BCUT2D eigenvalue weighted by Gasteiger charge is -2.13. The van der Waals surface area contributed by atoms with Gasteiger partial charge in [0.1, 0.15) is 12.0 Å². The number of carbonyl (C=O) groups is 2. The summed E-state index contributed by atoms with van der Waals surface area (Å²) in [6, 6.07) is 0.661. The third-order valence-corrected chi connectivity index (χ3v) is 2.90. The fourth-order valence-electron chi connectivity index (χ4n) is 1.96. The van der Waals surface area contributed by atoms with Crippen molar-refractivity contribution < 1.29 is 14.7 Å². The molecule has 2 amide bonds. The summed E-state index contributed by atoms with van der Waals surface area (Å²) in [6.07, 6.45) is 1.53. The van der Waals surface area contributed by atoms with E-state index < -0.39 is 12.0 Å². The van der Waals surface area contributed by atoms with Crippen LogP contribution in [0.1, 0.15) is 35.0 Å². The van der Waals surface area contributed by atoms with E-state index >= 15 is 0 Å². The Labute approximate surface area is 120 Å². The van der Waals surface area contributed by atoms with Gasteiger partial charge in [-0.25, -0.2) is 9.59 Å². The van der Waals surface area contributed by atoms with Crippen LogP contribution in [0.2, 0.25) is 0 Å². The molecule has 0 bridgehead atoms. The molecule has 9 heteroatoms. The molecule has 0 spiro atoms. The monoisotopic (exact) mass is 292 g/mol. The van der Waals surface area contributed by atoms with Crippen molar-refractivity contribution >= 4 is 17.7 Å². The Kier molecular flexibility index (Phi) is 3.92. The van der Waals surface area contributed by atoms with Crippen molar-refractivity contribution in [2.45, 2.75) is 19.9 Å². The average molecular weight is 292 g/mol. The summed E-state index contributed by atoms with van der Waals surface area (Å²) in [5.74, 6) is -0.548. The van der Waals surface area contributed by atoms with E-state index in [9.17, 15) is 9.59 Å². The zero-order valence-corrected chi connectivity index (χ0v) is 11.8. The van der Waals surface area contributed by atoms with Crippen LogP contribution in [0, 0.1) is 6.92 Å². The third kappa shape index (κ3) is 3.19. The third-order valence-electron chi connectivity index (χ3n) is 2.90. The van der Waals surface area contributed by atoms with Crippen LogP contribution in [-0.4, -0.2) is 36.9 Å². The molecule has 21 heavy (non-hydrogen) atoms. The maximum absolute atomic E-state index is 11.9. The van der Waals surface area contributed by atoms with Crippen LogP contribution in [0.25, 0.3) is 0 Å². The molecule has 4 N–H and O–H groups in total. The van der Waals surface area contributed by atoms with Crippen molar-refractivity contribution in [2.75, 3.05) is 5.32 Å². The Hall–Kier alpha value is -2.84. The van der Waals surface area contributed by atoms with Crippen molar-refractivity contribution in [1.82, 2.24) is 25.1 Å². The van der Waals surface area contributed by atoms with Crippen molar-refractivity contribution in [3.05, 3.63) is 29.6 Å². The molecule has 2 rings (SSSR count). The van der Waals surface area contributed by atoms with Gasteiger partial charge in [-0.15, -0.1) is 10.2 Å². The normalized spacial score (nSPS) is 12.0. The first-order valence-corrected chi connectivity index (χ1v) is 6.22. The van der Waals surface area contributed by atoms with Crippen LogP contribution >= 0.6 is 0 Å². The van der Waals surface area contributed by atoms with E-state index in [0.717, 1.165) is 0 Å². The first-order valence-electron chi connectivity index (χ1n) is 6.22. The van der Waals surface area contributed by atoms with Gasteiger partial charge in [0.15, 0.2) is 5.82 Å². The van der Waals surface area contributed by atoms with E-state index in [-0.39, 0.29) is 17.4 Å². The Bertz CT molecular complexity index is 674. The van der Waals surface area contributed by atoms with Crippen molar-refractivity contribution in [3.8, 4) is 0 Å². The van der Waals surface area contributed by atoms with Crippen LogP contribution in [0.3, 0.4) is 0 Å². The molecule has 2 aromatic rings. The van der Waals surface area contributed by atoms with Gasteiger partial charge in [0, 0.05) is 12.7 Å². The summed E-state index contributed by atoms with van der Waals surface area (Å²) >= 11 is 0. The van der Waals surface area contributed by atoms with E-state index in [1.807, 2.05) is 0 Å². The Morgan fingerprint density at radius 1 is 1.48 bits per heavy atom. The van der Waals surface area contributed by atoms with Crippen molar-refractivity contribution in [1.29, 1.82) is 0 Å². The fraction of sp³-hybridized carbons (Fsp3) is 0.333. The van der Waals surface area contributed by atoms with Crippen LogP contribution in [0.4, 0.5) is 10.5 Å². The van der Waals surface area contributed by atoms with Gasteiger partial charge >= 0.3 is 12.0 Å². The molecule has 0 radical (unpaired) electrons. The van der Waals surface area contributed by atoms with E-state index in [0.29, 0.717) is 11.5 Å². The molecule has 0 aromatic carbocycles. The topological polar surface area (TPSA) is 125 Å². The average Bonchev–Trinajstić information content (AvgIpc) is 2.95. The highest BCUT2D eigenvalue weighted by Gasteiger charge is 2.18. The lowest BCUT2D eigenvalue weighted by Crippen LogP contribution is -2.32. The highest BCUT2D eigenvalue weighted by Crippen LogP contribution is 2.17. The molecule has 112 valence electrons. The number of H-pyrrole nitrogens is 1. The number of carboxylic acid groups (broad SMARTS) is 1. The van der Waals surface area contributed by atoms with Gasteiger partial charge in [-0.1, -0.05) is 0 Å². The van der Waals surface area contributed by atoms with Gasteiger partial charge in [0.25, 0.3) is 0 Å². The summed E-state index contributed by atoms with van der Waals surface area (Å²) in [7, 11) is 1.77. The molecule has 0 aliphatic heterocycles. The number of carboxylic acids is 1. The maximum atomic E-state index is 11.9. The smallest absolute Gasteiger partial charge is 0.354 e. The minimum atomic E-state index is -1.14. The molecule has 1 unspecified atom stereocenters. The molecule has 1 atom stereocenters. The van der Waals surface area contributed by atoms with Gasteiger partial charge in [-0.3, -0.25) is 0 Å². The predicted octanol–water partition coefficient (Wildman–Crippen LogP) is 1.03. The molecule has 0 aliphatic rings. The van der Waals surface area contributed by atoms with E-state index in [1.165, 1.54) is 6.33 Å². The number of aromatic carboxylic acids is 1. The fourth-order valence-corrected chi connectivity index (χ4v) is 1.96. The standard InChI is InChI=1S/C12H16N6O3/c1-6-4-8(9(14-6)11(19)20)16-12(21)15-7(2)10-17-13-5-18(10)3/h4-5,7,14H,1-3H3,(H,19,20)(H2,15,16,21). The van der Waals surface area contributed by atoms with Crippen LogP contribution in [0.15, 0.2) is 12.4 Å². The first kappa shape index (κ1) is 14.6. The zero-order valence-electron chi connectivity index (χ0n) is 11.8. The van der Waals surface area contributed by atoms with Gasteiger partial charge in [0.2, 0.25) is 0 Å². The number of anilines is 1. The number of aryl methyl sites for hydroxylation is 2. The number of hydrogen-bond acceptors (Lipinski definition) is 4. The molecular weight excluding hydrogens is 276 g/mol. The minimum Gasteiger partial charge on any atom is -0.477 e. The van der Waals surface area contributed by atoms with E-state index in [1.54, 1.807) is 31.5 Å². The van der Waals surface area contributed by atoms with Gasteiger partial charge in [-0.05, 0) is 19.9 Å². The largest absolute Gasteiger partial charge is 0.477 e. The lowest BCUT2D eigenvalue weighted by atomic mass is 10.3. The van der Waals surface area contributed by atoms with Gasteiger partial charge in [-0.2, -0.15) is 0 Å². The van der Waals surface area contributed by atoms with Gasteiger partial charge in [0.05, 0.1) is 11.7 Å². The molecule has 0 aliphatic carbocycles. The highest BCUT2D eigenvalue weighted by molar-refractivity contribution is 5.99. The van der Waals surface area contributed by atoms with E-state index in [2.05, 4.69) is 25.8 Å². The quantitative estimate of drug-likeness (QED) is 0.670. The summed E-state index contributed by atoms with van der Waals surface area (Å²) in [5.41, 5.74) is 0.792. The van der Waals surface area contributed by atoms with Crippen molar-refractivity contribution in [3.63, 3.8) is 0 Å². The number of nitrogens with one attached hydrogen (secondary N) is 3. The Morgan fingerprint density at radius 3 is 2.76 bits per heavy atom. The second-order valence-corrected chi connectivity index (χ2v) is 4.67. The number of aromatic nitrogens is 4. The van der Waals surface area contributed by atoms with Crippen molar-refractivity contribution in [2.24, 2.45) is 7.05 Å². The molecular formula is C12H16N6O3. The van der Waals surface area contributed by atoms with E-state index in [4.69, 9.17) is 5.11 Å². The summed E-state index contributed by atoms with van der Waals surface area (Å²) < 4.78 is 1.69. The van der Waals surface area contributed by atoms with Gasteiger partial charge < -0.3 is 25.3 Å². The molecule has 0 saturated carbocycles. The zero-order chi connectivity index (χ0) is 15.6. The number of amides is 2. The molecule has 0 fully saturated rings. The number of hydrogen-bond donors (Lipinski definition) is 4. The molecule has 2 aromatic heterocycles. The van der Waals surface area contributed by atoms with Crippen LogP contribution in [-0.2, 0) is 7.05 Å². The van der Waals surface area contributed by atoms with Crippen LogP contribution in [0.5, 0.6) is 0 Å². The second-order valence-electron chi connectivity index (χ2n) is 4.67. The number of urea groups is 1. The summed E-state index contributed by atoms with van der Waals surface area (Å²) in [6.45, 7) is 3.46. The predicted molar refractivity (Wildman–Crippen MR) is 74.1 cm³/mol. The highest BCUT2D eigenvalue weighted by atomic mass is 16.4. The Balaban J connectivity index is 2.05. The number of carbonyl (C=O) groups excluding carboxylic acids is 1. The molecule has 0 saturated heterocycles. The Morgan fingerprint density at radius 2 is 2.19 bits per heavy atom. The number of rotatable bonds is 4. The maximum Gasteiger partial charge on any atom is 0.354 e. The lowest BCUT2D eigenvalue weighted by molar-refractivity contribution is 0.0692. The minimum absolute atomic E-state index is 0.0611. The van der Waals surface area contributed by atoms with Crippen LogP contribution < -0.4 is 10.6 Å². The molecule has 2 heterocycles. The number of aromatic amines is 1. The second kappa shape index (κ2) is 5.65. The summed E-state index contributed by atoms with van der Waals surface area (Å²) in [5, 5.41) is 21.8.